The average Bonchev–Trinajstić information content (AvgIpc) is 2.41. The molecule has 2 aromatic carbocycles. The molecule has 0 bridgehead atoms. The molecule has 2 heteroatoms. The lowest BCUT2D eigenvalue weighted by Crippen LogP contribution is -2.41. The Balaban J connectivity index is 2.06. The van der Waals surface area contributed by atoms with Crippen molar-refractivity contribution in [3.05, 3.63) is 59.9 Å². The normalized spacial score (nSPS) is 16.9. The first-order valence-electron chi connectivity index (χ1n) is 6.81. The van der Waals surface area contributed by atoms with Crippen LogP contribution in [0.1, 0.15) is 24.8 Å². The highest BCUT2D eigenvalue weighted by Crippen LogP contribution is 2.44. The van der Waals surface area contributed by atoms with E-state index >= 15 is 0 Å². The van der Waals surface area contributed by atoms with Crippen molar-refractivity contribution in [2.45, 2.75) is 24.7 Å². The van der Waals surface area contributed by atoms with E-state index in [-0.39, 0.29) is 11.2 Å². The van der Waals surface area contributed by atoms with Gasteiger partial charge in [-0.2, -0.15) is 0 Å². The average molecular weight is 255 g/mol. The quantitative estimate of drug-likeness (QED) is 0.885. The monoisotopic (exact) mass is 255 g/mol. The van der Waals surface area contributed by atoms with Crippen LogP contribution >= 0.6 is 0 Å². The van der Waals surface area contributed by atoms with E-state index in [2.05, 4.69) is 0 Å². The summed E-state index contributed by atoms with van der Waals surface area (Å²) in [6.07, 6.45) is 3.45. The van der Waals surface area contributed by atoms with E-state index < -0.39 is 0 Å². The molecule has 19 heavy (non-hydrogen) atoms. The maximum absolute atomic E-state index is 14.0. The van der Waals surface area contributed by atoms with Gasteiger partial charge in [0.25, 0.3) is 0 Å². The molecule has 0 spiro atoms. The summed E-state index contributed by atoms with van der Waals surface area (Å²) < 4.78 is 14.0. The van der Waals surface area contributed by atoms with E-state index in [1.807, 2.05) is 42.5 Å². The first-order chi connectivity index (χ1) is 9.25. The Morgan fingerprint density at radius 2 is 1.79 bits per heavy atom. The van der Waals surface area contributed by atoms with E-state index in [9.17, 15) is 4.39 Å². The zero-order valence-corrected chi connectivity index (χ0v) is 10.9. The number of hydrogen-bond donors (Lipinski definition) is 1. The Hall–Kier alpha value is -1.67. The van der Waals surface area contributed by atoms with Crippen molar-refractivity contribution in [1.82, 2.24) is 0 Å². The van der Waals surface area contributed by atoms with Gasteiger partial charge in [0.2, 0.25) is 0 Å². The molecule has 2 N–H and O–H groups in total. The number of halogens is 1. The van der Waals surface area contributed by atoms with Crippen molar-refractivity contribution < 1.29 is 4.39 Å². The summed E-state index contributed by atoms with van der Waals surface area (Å²) in [6, 6.07) is 15.2. The molecule has 0 saturated heterocycles. The first kappa shape index (κ1) is 12.4. The minimum atomic E-state index is -0.165. The Labute approximate surface area is 113 Å². The highest BCUT2D eigenvalue weighted by Gasteiger charge is 2.37. The van der Waals surface area contributed by atoms with Gasteiger partial charge in [0.15, 0.2) is 0 Å². The summed E-state index contributed by atoms with van der Waals surface area (Å²) >= 11 is 0. The van der Waals surface area contributed by atoms with E-state index in [1.54, 1.807) is 6.07 Å². The molecule has 1 fully saturated rings. The van der Waals surface area contributed by atoms with E-state index in [0.717, 1.165) is 18.4 Å². The van der Waals surface area contributed by atoms with Gasteiger partial charge in [-0.25, -0.2) is 4.39 Å². The predicted octanol–water partition coefficient (Wildman–Crippen LogP) is 3.87. The van der Waals surface area contributed by atoms with Gasteiger partial charge in [0.1, 0.15) is 5.82 Å². The van der Waals surface area contributed by atoms with E-state index in [4.69, 9.17) is 5.73 Å². The Bertz CT molecular complexity index is 568. The Kier molecular flexibility index (Phi) is 3.11. The standard InChI is InChI=1S/C17H18FN/c18-16-8-7-14(17(12-19)9-4-10-17)11-15(16)13-5-2-1-3-6-13/h1-3,5-8,11H,4,9-10,12,19H2. The smallest absolute Gasteiger partial charge is 0.131 e. The lowest BCUT2D eigenvalue weighted by molar-refractivity contribution is 0.253. The molecule has 98 valence electrons. The van der Waals surface area contributed by atoms with Crippen molar-refractivity contribution in [1.29, 1.82) is 0 Å². The van der Waals surface area contributed by atoms with Crippen molar-refractivity contribution in [3.8, 4) is 11.1 Å². The van der Waals surface area contributed by atoms with Gasteiger partial charge in [-0.05, 0) is 36.1 Å². The topological polar surface area (TPSA) is 26.0 Å². The number of benzene rings is 2. The van der Waals surface area contributed by atoms with Crippen molar-refractivity contribution >= 4 is 0 Å². The highest BCUT2D eigenvalue weighted by molar-refractivity contribution is 5.65. The molecule has 0 aliphatic heterocycles. The number of nitrogens with two attached hydrogens (primary N) is 1. The summed E-state index contributed by atoms with van der Waals surface area (Å²) in [5.41, 5.74) is 8.80. The molecule has 0 aromatic heterocycles. The van der Waals surface area contributed by atoms with Crippen LogP contribution < -0.4 is 5.73 Å². The summed E-state index contributed by atoms with van der Waals surface area (Å²) in [6.45, 7) is 0.646. The van der Waals surface area contributed by atoms with Crippen LogP contribution in [0.4, 0.5) is 4.39 Å². The first-order valence-corrected chi connectivity index (χ1v) is 6.81. The van der Waals surface area contributed by atoms with Crippen LogP contribution in [-0.2, 0) is 5.41 Å². The zero-order valence-electron chi connectivity index (χ0n) is 10.9. The van der Waals surface area contributed by atoms with Gasteiger partial charge in [-0.15, -0.1) is 0 Å². The second-order valence-corrected chi connectivity index (χ2v) is 5.40. The Morgan fingerprint density at radius 3 is 2.37 bits per heavy atom. The third-order valence-electron chi connectivity index (χ3n) is 4.36. The SMILES string of the molecule is NCC1(c2ccc(F)c(-c3ccccc3)c2)CCC1. The molecule has 0 heterocycles. The van der Waals surface area contributed by atoms with Gasteiger partial charge in [-0.3, -0.25) is 0 Å². The van der Waals surface area contributed by atoms with Crippen molar-refractivity contribution in [2.24, 2.45) is 5.73 Å². The third kappa shape index (κ3) is 2.06. The van der Waals surface area contributed by atoms with Gasteiger partial charge in [0, 0.05) is 17.5 Å². The molecule has 3 rings (SSSR count). The predicted molar refractivity (Wildman–Crippen MR) is 76.4 cm³/mol. The molecule has 1 aliphatic carbocycles. The maximum atomic E-state index is 14.0. The molecular weight excluding hydrogens is 237 g/mol. The maximum Gasteiger partial charge on any atom is 0.131 e. The summed E-state index contributed by atoms with van der Waals surface area (Å²) in [5, 5.41) is 0. The molecular formula is C17H18FN. The fourth-order valence-electron chi connectivity index (χ4n) is 2.91. The van der Waals surface area contributed by atoms with Crippen LogP contribution in [0.15, 0.2) is 48.5 Å². The molecule has 0 radical (unpaired) electrons. The van der Waals surface area contributed by atoms with E-state index in [0.29, 0.717) is 12.1 Å². The van der Waals surface area contributed by atoms with Crippen molar-refractivity contribution in [3.63, 3.8) is 0 Å². The largest absolute Gasteiger partial charge is 0.330 e. The Morgan fingerprint density at radius 1 is 1.05 bits per heavy atom. The lowest BCUT2D eigenvalue weighted by atomic mass is 9.64. The van der Waals surface area contributed by atoms with E-state index in [1.165, 1.54) is 12.0 Å². The van der Waals surface area contributed by atoms with Gasteiger partial charge in [-0.1, -0.05) is 42.8 Å². The summed E-state index contributed by atoms with van der Waals surface area (Å²) in [5.74, 6) is -0.165. The number of rotatable bonds is 3. The molecule has 0 amide bonds. The van der Waals surface area contributed by atoms with Crippen LogP contribution in [0.25, 0.3) is 11.1 Å². The fraction of sp³-hybridized carbons (Fsp3) is 0.294. The second kappa shape index (κ2) is 4.78. The molecule has 0 atom stereocenters. The van der Waals surface area contributed by atoms with Crippen molar-refractivity contribution in [2.75, 3.05) is 6.54 Å². The van der Waals surface area contributed by atoms with Gasteiger partial charge in [0.05, 0.1) is 0 Å². The van der Waals surface area contributed by atoms with Crippen LogP contribution in [0, 0.1) is 5.82 Å². The lowest BCUT2D eigenvalue weighted by Gasteiger charge is -2.41. The molecule has 1 saturated carbocycles. The summed E-state index contributed by atoms with van der Waals surface area (Å²) in [7, 11) is 0. The van der Waals surface area contributed by atoms with Gasteiger partial charge >= 0.3 is 0 Å². The molecule has 0 unspecified atom stereocenters. The minimum Gasteiger partial charge on any atom is -0.330 e. The zero-order chi connectivity index (χ0) is 13.3. The third-order valence-corrected chi connectivity index (χ3v) is 4.36. The second-order valence-electron chi connectivity index (χ2n) is 5.40. The molecule has 2 aromatic rings. The van der Waals surface area contributed by atoms with Gasteiger partial charge < -0.3 is 5.73 Å². The molecule has 1 aliphatic rings. The van der Waals surface area contributed by atoms with Crippen LogP contribution in [0.2, 0.25) is 0 Å². The van der Waals surface area contributed by atoms with Crippen LogP contribution in [-0.4, -0.2) is 6.54 Å². The van der Waals surface area contributed by atoms with Crippen LogP contribution in [0.3, 0.4) is 0 Å². The molecule has 1 nitrogen and oxygen atoms in total. The minimum absolute atomic E-state index is 0.0806. The fourth-order valence-corrected chi connectivity index (χ4v) is 2.91. The van der Waals surface area contributed by atoms with Crippen LogP contribution in [0.5, 0.6) is 0 Å². The highest BCUT2D eigenvalue weighted by atomic mass is 19.1. The number of hydrogen-bond acceptors (Lipinski definition) is 1. The summed E-state index contributed by atoms with van der Waals surface area (Å²) in [4.78, 5) is 0.